The van der Waals surface area contributed by atoms with Crippen molar-refractivity contribution in [1.82, 2.24) is 4.90 Å². The first kappa shape index (κ1) is 12.8. The van der Waals surface area contributed by atoms with Crippen molar-refractivity contribution in [1.29, 1.82) is 0 Å². The first-order valence-corrected chi connectivity index (χ1v) is 6.65. The van der Waals surface area contributed by atoms with Crippen molar-refractivity contribution in [3.8, 4) is 0 Å². The molecule has 15 heavy (non-hydrogen) atoms. The number of furan rings is 1. The van der Waals surface area contributed by atoms with Crippen molar-refractivity contribution in [3.05, 3.63) is 24.2 Å². The van der Waals surface area contributed by atoms with Crippen LogP contribution in [0.5, 0.6) is 0 Å². The smallest absolute Gasteiger partial charge is 0.117 e. The van der Waals surface area contributed by atoms with Gasteiger partial charge in [-0.15, -0.1) is 0 Å². The number of rotatable bonds is 7. The van der Waals surface area contributed by atoms with E-state index in [-0.39, 0.29) is 0 Å². The van der Waals surface area contributed by atoms with Crippen molar-refractivity contribution >= 4 is 15.9 Å². The van der Waals surface area contributed by atoms with E-state index >= 15 is 0 Å². The van der Waals surface area contributed by atoms with Crippen LogP contribution in [0.15, 0.2) is 22.8 Å². The lowest BCUT2D eigenvalue weighted by atomic mass is 10.1. The van der Waals surface area contributed by atoms with Crippen LogP contribution in [-0.4, -0.2) is 23.8 Å². The minimum Gasteiger partial charge on any atom is -0.468 e. The maximum Gasteiger partial charge on any atom is 0.117 e. The van der Waals surface area contributed by atoms with Crippen molar-refractivity contribution in [2.75, 3.05) is 18.9 Å². The molecule has 0 aliphatic carbocycles. The van der Waals surface area contributed by atoms with Crippen molar-refractivity contribution in [2.45, 2.75) is 26.3 Å². The summed E-state index contributed by atoms with van der Waals surface area (Å²) in [5.41, 5.74) is 0. The van der Waals surface area contributed by atoms with E-state index in [2.05, 4.69) is 34.8 Å². The quantitative estimate of drug-likeness (QED) is 0.707. The lowest BCUT2D eigenvalue weighted by Gasteiger charge is -2.21. The number of nitrogens with zero attached hydrogens (tertiary/aromatic N) is 1. The maximum absolute atomic E-state index is 5.33. The number of alkyl halides is 1. The number of halogens is 1. The van der Waals surface area contributed by atoms with Crippen LogP contribution in [0.4, 0.5) is 0 Å². The summed E-state index contributed by atoms with van der Waals surface area (Å²) in [4.78, 5) is 2.32. The molecule has 0 aromatic carbocycles. The molecule has 0 radical (unpaired) electrons. The first-order chi connectivity index (χ1) is 7.26. The molecule has 3 heteroatoms. The highest BCUT2D eigenvalue weighted by molar-refractivity contribution is 9.09. The summed E-state index contributed by atoms with van der Waals surface area (Å²) in [6.45, 7) is 4.27. The average molecular weight is 274 g/mol. The first-order valence-electron chi connectivity index (χ1n) is 5.53. The van der Waals surface area contributed by atoms with Gasteiger partial charge in [-0.25, -0.2) is 0 Å². The van der Waals surface area contributed by atoms with Gasteiger partial charge in [0, 0.05) is 11.9 Å². The third-order valence-electron chi connectivity index (χ3n) is 2.49. The van der Waals surface area contributed by atoms with Gasteiger partial charge in [-0.05, 0) is 31.5 Å². The second kappa shape index (κ2) is 7.07. The molecule has 2 nitrogen and oxygen atoms in total. The van der Waals surface area contributed by atoms with E-state index in [1.807, 2.05) is 12.1 Å². The van der Waals surface area contributed by atoms with Crippen molar-refractivity contribution in [2.24, 2.45) is 5.92 Å². The summed E-state index contributed by atoms with van der Waals surface area (Å²) in [5, 5.41) is 1.09. The van der Waals surface area contributed by atoms with Crippen LogP contribution in [0.2, 0.25) is 0 Å². The normalized spacial score (nSPS) is 13.3. The molecule has 0 saturated heterocycles. The van der Waals surface area contributed by atoms with Crippen LogP contribution >= 0.6 is 15.9 Å². The van der Waals surface area contributed by atoms with Gasteiger partial charge in [0.05, 0.1) is 12.8 Å². The zero-order valence-corrected chi connectivity index (χ0v) is 11.2. The molecule has 1 rings (SSSR count). The highest BCUT2D eigenvalue weighted by atomic mass is 79.9. The Balaban J connectivity index is 2.30. The van der Waals surface area contributed by atoms with E-state index in [1.54, 1.807) is 6.26 Å². The Hall–Kier alpha value is -0.280. The molecule has 1 unspecified atom stereocenters. The zero-order valence-electron chi connectivity index (χ0n) is 9.58. The van der Waals surface area contributed by atoms with Crippen molar-refractivity contribution < 1.29 is 4.42 Å². The predicted octanol–water partition coefficient (Wildman–Crippen LogP) is 3.52. The second-order valence-electron chi connectivity index (χ2n) is 4.09. The highest BCUT2D eigenvalue weighted by Crippen LogP contribution is 2.13. The van der Waals surface area contributed by atoms with Gasteiger partial charge in [0.1, 0.15) is 5.76 Å². The molecule has 0 aliphatic rings. The third-order valence-corrected chi connectivity index (χ3v) is 3.41. The Morgan fingerprint density at radius 2 is 2.33 bits per heavy atom. The van der Waals surface area contributed by atoms with Gasteiger partial charge in [-0.3, -0.25) is 4.90 Å². The molecule has 1 aromatic rings. The fourth-order valence-electron chi connectivity index (χ4n) is 1.80. The molecule has 86 valence electrons. The average Bonchev–Trinajstić information content (AvgIpc) is 2.69. The molecule has 1 aromatic heterocycles. The molecule has 0 bridgehead atoms. The van der Waals surface area contributed by atoms with Gasteiger partial charge in [0.25, 0.3) is 0 Å². The summed E-state index contributed by atoms with van der Waals surface area (Å²) in [5.74, 6) is 1.79. The monoisotopic (exact) mass is 273 g/mol. The van der Waals surface area contributed by atoms with Crippen LogP contribution in [-0.2, 0) is 6.54 Å². The van der Waals surface area contributed by atoms with Crippen molar-refractivity contribution in [3.63, 3.8) is 0 Å². The Kier molecular flexibility index (Phi) is 6.03. The van der Waals surface area contributed by atoms with Gasteiger partial charge in [-0.2, -0.15) is 0 Å². The number of hydrogen-bond donors (Lipinski definition) is 0. The molecular formula is C12H20BrNO. The molecule has 0 aliphatic heterocycles. The lowest BCUT2D eigenvalue weighted by Crippen LogP contribution is -2.26. The lowest BCUT2D eigenvalue weighted by molar-refractivity contribution is 0.253. The van der Waals surface area contributed by atoms with Gasteiger partial charge in [0.2, 0.25) is 0 Å². The highest BCUT2D eigenvalue weighted by Gasteiger charge is 2.10. The van der Waals surface area contributed by atoms with E-state index in [0.717, 1.165) is 30.1 Å². The second-order valence-corrected chi connectivity index (χ2v) is 4.73. The molecule has 0 saturated carbocycles. The molecule has 0 fully saturated rings. The predicted molar refractivity (Wildman–Crippen MR) is 67.2 cm³/mol. The molecular weight excluding hydrogens is 254 g/mol. The van der Waals surface area contributed by atoms with Crippen LogP contribution < -0.4 is 0 Å². The van der Waals surface area contributed by atoms with E-state index in [9.17, 15) is 0 Å². The Morgan fingerprint density at radius 3 is 2.87 bits per heavy atom. The fraction of sp³-hybridized carbons (Fsp3) is 0.667. The summed E-state index contributed by atoms with van der Waals surface area (Å²) < 4.78 is 5.33. The summed E-state index contributed by atoms with van der Waals surface area (Å²) >= 11 is 3.57. The molecule has 0 spiro atoms. The molecule has 1 atom stereocenters. The molecule has 0 amide bonds. The van der Waals surface area contributed by atoms with E-state index < -0.39 is 0 Å². The van der Waals surface area contributed by atoms with Gasteiger partial charge >= 0.3 is 0 Å². The minimum absolute atomic E-state index is 0.745. The van der Waals surface area contributed by atoms with E-state index in [0.29, 0.717) is 0 Å². The summed E-state index contributed by atoms with van der Waals surface area (Å²) in [6, 6.07) is 3.97. The Bertz CT molecular complexity index is 248. The zero-order chi connectivity index (χ0) is 11.1. The fourth-order valence-corrected chi connectivity index (χ4v) is 2.33. The largest absolute Gasteiger partial charge is 0.468 e. The third kappa shape index (κ3) is 4.85. The van der Waals surface area contributed by atoms with Crippen LogP contribution in [0.3, 0.4) is 0 Å². The minimum atomic E-state index is 0.745. The maximum atomic E-state index is 5.33. The topological polar surface area (TPSA) is 16.4 Å². The summed E-state index contributed by atoms with van der Waals surface area (Å²) in [7, 11) is 2.15. The SMILES string of the molecule is CCCC(CBr)CN(C)Cc1ccco1. The number of hydrogen-bond acceptors (Lipinski definition) is 2. The Labute approximate surface area is 101 Å². The van der Waals surface area contributed by atoms with Gasteiger partial charge < -0.3 is 4.42 Å². The Morgan fingerprint density at radius 1 is 1.53 bits per heavy atom. The van der Waals surface area contributed by atoms with Gasteiger partial charge in [-0.1, -0.05) is 29.3 Å². The molecule has 0 N–H and O–H groups in total. The standard InChI is InChI=1S/C12H20BrNO/c1-3-5-11(8-13)9-14(2)10-12-6-4-7-15-12/h4,6-7,11H,3,5,8-10H2,1-2H3. The van der Waals surface area contributed by atoms with Crippen LogP contribution in [0, 0.1) is 5.92 Å². The molecule has 1 heterocycles. The summed E-state index contributed by atoms with van der Waals surface area (Å²) in [6.07, 6.45) is 4.27. The van der Waals surface area contributed by atoms with Crippen LogP contribution in [0.25, 0.3) is 0 Å². The van der Waals surface area contributed by atoms with E-state index in [4.69, 9.17) is 4.42 Å². The van der Waals surface area contributed by atoms with Crippen LogP contribution in [0.1, 0.15) is 25.5 Å². The van der Waals surface area contributed by atoms with Gasteiger partial charge in [0.15, 0.2) is 0 Å². The van der Waals surface area contributed by atoms with E-state index in [1.165, 1.54) is 12.8 Å².